The Bertz CT molecular complexity index is 242. The van der Waals surface area contributed by atoms with Crippen molar-refractivity contribution in [2.45, 2.75) is 0 Å². The second kappa shape index (κ2) is 8.78. The first-order chi connectivity index (χ1) is 5.84. The molecule has 1 rings (SSSR count). The van der Waals surface area contributed by atoms with Crippen LogP contribution in [-0.2, 0) is 0 Å². The lowest BCUT2D eigenvalue weighted by molar-refractivity contribution is -0.473. The minimum atomic E-state index is 0. The van der Waals surface area contributed by atoms with E-state index in [2.05, 4.69) is 17.0 Å². The summed E-state index contributed by atoms with van der Waals surface area (Å²) in [6, 6.07) is 8.24. The van der Waals surface area contributed by atoms with Crippen molar-refractivity contribution in [1.82, 2.24) is 0 Å². The summed E-state index contributed by atoms with van der Waals surface area (Å²) >= 11 is 0. The summed E-state index contributed by atoms with van der Waals surface area (Å²) in [4.78, 5) is 0.139. The summed E-state index contributed by atoms with van der Waals surface area (Å²) in [6.07, 6.45) is 0. The number of nitrogens with two attached hydrogens (primary N) is 2. The van der Waals surface area contributed by atoms with Gasteiger partial charge in [-0.15, -0.1) is 0 Å². The van der Waals surface area contributed by atoms with E-state index >= 15 is 0 Å². The molecule has 0 saturated heterocycles. The second-order valence-electron chi connectivity index (χ2n) is 1.70. The average Bonchev–Trinajstić information content (AvgIpc) is 2.21. The number of hydrogen-bond acceptors (Lipinski definition) is 4. The standard InChI is InChI=1S/C6H6N2O2.H4N2.H2S/c9-7-8(10)6-4-2-1-3-5-6;1-2;/h1-5,9H;1-2H2;1H2. The van der Waals surface area contributed by atoms with Crippen molar-refractivity contribution in [2.75, 3.05) is 0 Å². The third kappa shape index (κ3) is 5.01. The van der Waals surface area contributed by atoms with Gasteiger partial charge in [0, 0.05) is 12.1 Å². The van der Waals surface area contributed by atoms with Crippen LogP contribution in [-0.4, -0.2) is 10.1 Å². The molecule has 0 spiro atoms. The predicted molar refractivity (Wildman–Crippen MR) is 52.7 cm³/mol. The molecule has 6 nitrogen and oxygen atoms in total. The van der Waals surface area contributed by atoms with Crippen LogP contribution in [0.25, 0.3) is 0 Å². The summed E-state index contributed by atoms with van der Waals surface area (Å²) in [7, 11) is 0. The molecule has 1 aromatic carbocycles. The first-order valence-electron chi connectivity index (χ1n) is 3.05. The lowest BCUT2D eigenvalue weighted by Gasteiger charge is -1.93. The lowest BCUT2D eigenvalue weighted by Crippen LogP contribution is -2.02. The van der Waals surface area contributed by atoms with Crippen LogP contribution in [0.15, 0.2) is 35.6 Å². The maximum Gasteiger partial charge on any atom is 0.248 e. The minimum absolute atomic E-state index is 0. The maximum absolute atomic E-state index is 10.5. The molecule has 0 aliphatic rings. The zero-order chi connectivity index (χ0) is 9.40. The second-order valence-corrected chi connectivity index (χ2v) is 1.70. The highest BCUT2D eigenvalue weighted by atomic mass is 32.1. The van der Waals surface area contributed by atoms with Gasteiger partial charge in [0.05, 0.1) is 0 Å². The van der Waals surface area contributed by atoms with Crippen molar-refractivity contribution < 1.29 is 10.1 Å². The smallest absolute Gasteiger partial charge is 0.248 e. The van der Waals surface area contributed by atoms with E-state index in [-0.39, 0.29) is 18.4 Å². The number of hydrogen-bond donors (Lipinski definition) is 3. The molecule has 1 aromatic rings. The lowest BCUT2D eigenvalue weighted by atomic mass is 10.3. The molecule has 7 heteroatoms. The molecule has 0 saturated carbocycles. The van der Waals surface area contributed by atoms with Crippen LogP contribution in [0, 0.1) is 5.21 Å². The highest BCUT2D eigenvalue weighted by Gasteiger charge is 1.98. The van der Waals surface area contributed by atoms with Gasteiger partial charge in [-0.25, -0.2) is 0 Å². The van der Waals surface area contributed by atoms with Gasteiger partial charge in [-0.05, 0) is 4.86 Å². The van der Waals surface area contributed by atoms with Gasteiger partial charge in [0.25, 0.3) is 0 Å². The molecule has 0 unspecified atom stereocenters. The normalized spacial score (nSPS) is 9.23. The van der Waals surface area contributed by atoms with Crippen molar-refractivity contribution >= 4 is 19.2 Å². The Hall–Kier alpha value is -1.31. The summed E-state index contributed by atoms with van der Waals surface area (Å²) in [5.41, 5.74) is 0.310. The van der Waals surface area contributed by atoms with E-state index in [0.717, 1.165) is 0 Å². The topological polar surface area (TPSA) is 111 Å². The van der Waals surface area contributed by atoms with Crippen molar-refractivity contribution in [2.24, 2.45) is 17.0 Å². The fraction of sp³-hybridized carbons (Fsp3) is 0. The zero-order valence-corrected chi connectivity index (χ0v) is 7.79. The van der Waals surface area contributed by atoms with Crippen LogP contribution in [0.2, 0.25) is 0 Å². The van der Waals surface area contributed by atoms with Crippen molar-refractivity contribution in [3.05, 3.63) is 35.5 Å². The molecular weight excluding hydrogens is 192 g/mol. The Kier molecular flexibility index (Phi) is 9.61. The molecular formula is C6H12N4O2S. The summed E-state index contributed by atoms with van der Waals surface area (Å²) in [5, 5.41) is 21.0. The Labute approximate surface area is 82.4 Å². The zero-order valence-electron chi connectivity index (χ0n) is 6.79. The van der Waals surface area contributed by atoms with Gasteiger partial charge in [0.1, 0.15) is 0 Å². The first-order valence-corrected chi connectivity index (χ1v) is 3.05. The van der Waals surface area contributed by atoms with Gasteiger partial charge in [0.2, 0.25) is 11.0 Å². The predicted octanol–water partition coefficient (Wildman–Crippen LogP) is 0.601. The average molecular weight is 204 g/mol. The summed E-state index contributed by atoms with van der Waals surface area (Å²) in [5.74, 6) is 8.00. The number of rotatable bonds is 1. The third-order valence-electron chi connectivity index (χ3n) is 1.06. The van der Waals surface area contributed by atoms with Crippen molar-refractivity contribution in [3.8, 4) is 0 Å². The maximum atomic E-state index is 10.5. The molecule has 0 amide bonds. The number of hydrazine groups is 1. The molecule has 0 radical (unpaired) electrons. The van der Waals surface area contributed by atoms with E-state index in [1.165, 1.54) is 0 Å². The van der Waals surface area contributed by atoms with E-state index in [1.54, 1.807) is 30.3 Å². The fourth-order valence-electron chi connectivity index (χ4n) is 0.607. The molecule has 13 heavy (non-hydrogen) atoms. The number of nitrogens with zero attached hydrogens (tertiary/aromatic N) is 2. The van der Waals surface area contributed by atoms with Crippen LogP contribution in [0.5, 0.6) is 0 Å². The quantitative estimate of drug-likeness (QED) is 0.269. The Morgan fingerprint density at radius 2 is 1.69 bits per heavy atom. The molecule has 0 aliphatic carbocycles. The summed E-state index contributed by atoms with van der Waals surface area (Å²) in [6.45, 7) is 0. The first kappa shape index (κ1) is 14.2. The Morgan fingerprint density at radius 1 is 1.23 bits per heavy atom. The van der Waals surface area contributed by atoms with E-state index in [9.17, 15) is 5.21 Å². The third-order valence-corrected chi connectivity index (χ3v) is 1.06. The van der Waals surface area contributed by atoms with E-state index in [1.807, 2.05) is 0 Å². The fourth-order valence-corrected chi connectivity index (χ4v) is 0.607. The van der Waals surface area contributed by atoms with Crippen LogP contribution < -0.4 is 11.7 Å². The molecule has 74 valence electrons. The highest BCUT2D eigenvalue weighted by Crippen LogP contribution is 2.08. The van der Waals surface area contributed by atoms with Crippen LogP contribution in [0.3, 0.4) is 0 Å². The van der Waals surface area contributed by atoms with Crippen LogP contribution in [0.4, 0.5) is 5.69 Å². The Morgan fingerprint density at radius 3 is 2.08 bits per heavy atom. The molecule has 0 heterocycles. The Balaban J connectivity index is 0. The minimum Gasteiger partial charge on any atom is -0.592 e. The molecule has 0 fully saturated rings. The van der Waals surface area contributed by atoms with Gasteiger partial charge in [-0.3, -0.25) is 11.7 Å². The van der Waals surface area contributed by atoms with E-state index < -0.39 is 0 Å². The van der Waals surface area contributed by atoms with Gasteiger partial charge in [-0.2, -0.15) is 13.5 Å². The van der Waals surface area contributed by atoms with Crippen LogP contribution in [0.1, 0.15) is 0 Å². The molecule has 5 N–H and O–H groups in total. The van der Waals surface area contributed by atoms with Crippen molar-refractivity contribution in [1.29, 1.82) is 0 Å². The van der Waals surface area contributed by atoms with Gasteiger partial charge in [0.15, 0.2) is 0 Å². The molecule has 0 atom stereocenters. The molecule has 0 aliphatic heterocycles. The highest BCUT2D eigenvalue weighted by molar-refractivity contribution is 7.59. The number of benzene rings is 1. The van der Waals surface area contributed by atoms with Gasteiger partial charge < -0.3 is 10.4 Å². The molecule has 0 bridgehead atoms. The monoisotopic (exact) mass is 204 g/mol. The van der Waals surface area contributed by atoms with E-state index in [4.69, 9.17) is 5.21 Å². The molecule has 0 aromatic heterocycles. The van der Waals surface area contributed by atoms with Gasteiger partial charge in [-0.1, -0.05) is 18.2 Å². The van der Waals surface area contributed by atoms with E-state index in [0.29, 0.717) is 5.69 Å². The van der Waals surface area contributed by atoms with Gasteiger partial charge >= 0.3 is 0 Å². The summed E-state index contributed by atoms with van der Waals surface area (Å²) < 4.78 is 0. The van der Waals surface area contributed by atoms with Crippen LogP contribution >= 0.6 is 13.5 Å². The SMILES string of the molecule is NN.S.[O-][N+](=NO)c1ccccc1. The van der Waals surface area contributed by atoms with Crippen molar-refractivity contribution in [3.63, 3.8) is 0 Å². The number of para-hydroxylation sites is 1. The largest absolute Gasteiger partial charge is 0.592 e.